The first kappa shape index (κ1) is 16.3. The molecule has 0 N–H and O–H groups in total. The summed E-state index contributed by atoms with van der Waals surface area (Å²) in [5.74, 6) is -0.774. The molecule has 1 aliphatic rings. The number of rotatable bonds is 0. The summed E-state index contributed by atoms with van der Waals surface area (Å²) in [5, 5.41) is 2.15. The maximum absolute atomic E-state index is 13.5. The third-order valence-corrected chi connectivity index (χ3v) is 6.08. The fourth-order valence-electron chi connectivity index (χ4n) is 4.62. The van der Waals surface area contributed by atoms with E-state index in [4.69, 9.17) is 0 Å². The molecule has 0 atom stereocenters. The number of nitrogens with zero attached hydrogens (tertiary/aromatic N) is 5. The zero-order chi connectivity index (χ0) is 21.0. The third kappa shape index (κ3) is 1.81. The van der Waals surface area contributed by atoms with Gasteiger partial charge in [0.15, 0.2) is 16.9 Å². The van der Waals surface area contributed by atoms with Crippen LogP contribution in [0.3, 0.4) is 0 Å². The Balaban J connectivity index is 1.76. The lowest BCUT2D eigenvalue weighted by atomic mass is 9.90. The lowest BCUT2D eigenvalue weighted by Gasteiger charge is -2.24. The Hall–Kier alpha value is -4.46. The standard InChI is InChI=1S/C23H11N5O3/c1-27-21(29)11-7-6-10-16-13(9-8-12(17(11)16)22(27)30)23(31)28-19(10)26-18-20(28)25-15-5-3-2-4-14(15)24-18/h2-9H,1H3. The Morgan fingerprint density at radius 2 is 1.32 bits per heavy atom. The number of benzene rings is 3. The van der Waals surface area contributed by atoms with Crippen LogP contribution in [0.5, 0.6) is 0 Å². The molecule has 0 radical (unpaired) electrons. The number of hydrogen-bond acceptors (Lipinski definition) is 6. The van der Waals surface area contributed by atoms with Crippen molar-refractivity contribution >= 4 is 61.3 Å². The zero-order valence-electron chi connectivity index (χ0n) is 16.1. The third-order valence-electron chi connectivity index (χ3n) is 6.08. The summed E-state index contributed by atoms with van der Waals surface area (Å²) in [7, 11) is 1.46. The highest BCUT2D eigenvalue weighted by atomic mass is 16.2. The van der Waals surface area contributed by atoms with Crippen LogP contribution in [0.2, 0.25) is 0 Å². The number of carbonyl (C=O) groups excluding carboxylic acids is 2. The maximum Gasteiger partial charge on any atom is 0.266 e. The number of pyridine rings is 1. The lowest BCUT2D eigenvalue weighted by Crippen LogP contribution is -2.37. The molecule has 0 saturated heterocycles. The van der Waals surface area contributed by atoms with E-state index in [9.17, 15) is 14.4 Å². The fraction of sp³-hybridized carbons (Fsp3) is 0.0435. The van der Waals surface area contributed by atoms with Gasteiger partial charge in [-0.15, -0.1) is 0 Å². The Labute approximate surface area is 172 Å². The molecule has 146 valence electrons. The van der Waals surface area contributed by atoms with Crippen LogP contribution in [-0.4, -0.2) is 43.1 Å². The quantitative estimate of drug-likeness (QED) is 0.361. The van der Waals surface area contributed by atoms with Crippen LogP contribution in [-0.2, 0) is 0 Å². The van der Waals surface area contributed by atoms with Gasteiger partial charge in [-0.2, -0.15) is 0 Å². The number of carbonyl (C=O) groups is 2. The van der Waals surface area contributed by atoms with Gasteiger partial charge in [-0.25, -0.2) is 19.4 Å². The Kier molecular flexibility index (Phi) is 2.73. The molecule has 1 aliphatic heterocycles. The largest absolute Gasteiger partial charge is 0.277 e. The van der Waals surface area contributed by atoms with Crippen molar-refractivity contribution in [1.29, 1.82) is 0 Å². The predicted octanol–water partition coefficient (Wildman–Crippen LogP) is 2.76. The van der Waals surface area contributed by atoms with Crippen molar-refractivity contribution in [2.24, 2.45) is 0 Å². The summed E-state index contributed by atoms with van der Waals surface area (Å²) in [6.07, 6.45) is 0. The van der Waals surface area contributed by atoms with Gasteiger partial charge in [-0.05, 0) is 36.4 Å². The van der Waals surface area contributed by atoms with E-state index >= 15 is 0 Å². The van der Waals surface area contributed by atoms with Gasteiger partial charge in [0.2, 0.25) is 0 Å². The number of hydrogen-bond donors (Lipinski definition) is 0. The molecule has 3 aromatic carbocycles. The van der Waals surface area contributed by atoms with E-state index in [2.05, 4.69) is 15.0 Å². The highest BCUT2D eigenvalue weighted by Crippen LogP contribution is 2.36. The first-order valence-corrected chi connectivity index (χ1v) is 9.67. The number of amides is 2. The molecule has 7 rings (SSSR count). The molecule has 0 unspecified atom stereocenters. The van der Waals surface area contributed by atoms with E-state index in [0.717, 1.165) is 4.90 Å². The van der Waals surface area contributed by atoms with Gasteiger partial charge in [0.05, 0.1) is 11.0 Å². The highest BCUT2D eigenvalue weighted by molar-refractivity contribution is 6.31. The van der Waals surface area contributed by atoms with Gasteiger partial charge in [0.25, 0.3) is 17.4 Å². The molecule has 8 heteroatoms. The molecule has 3 aromatic heterocycles. The van der Waals surface area contributed by atoms with Gasteiger partial charge >= 0.3 is 0 Å². The average Bonchev–Trinajstić information content (AvgIpc) is 3.16. The second-order valence-corrected chi connectivity index (χ2v) is 7.68. The molecule has 0 bridgehead atoms. The molecule has 0 aliphatic carbocycles. The number of aromatic nitrogens is 4. The van der Waals surface area contributed by atoms with Gasteiger partial charge < -0.3 is 0 Å². The SMILES string of the molecule is CN1C(=O)c2ccc3c(=O)n4c5nc6ccccc6nc5nc4c4ccc(c2c34)C1=O. The van der Waals surface area contributed by atoms with Crippen molar-refractivity contribution in [3.63, 3.8) is 0 Å². The Morgan fingerprint density at radius 3 is 2.03 bits per heavy atom. The Bertz CT molecular complexity index is 1850. The maximum atomic E-state index is 13.5. The van der Waals surface area contributed by atoms with E-state index in [1.54, 1.807) is 24.3 Å². The van der Waals surface area contributed by atoms with Crippen LogP contribution >= 0.6 is 0 Å². The predicted molar refractivity (Wildman–Crippen MR) is 115 cm³/mol. The van der Waals surface area contributed by atoms with E-state index in [1.165, 1.54) is 11.4 Å². The summed E-state index contributed by atoms with van der Waals surface area (Å²) in [4.78, 5) is 53.9. The molecule has 6 aromatic rings. The zero-order valence-corrected chi connectivity index (χ0v) is 16.1. The second kappa shape index (κ2) is 5.17. The molecular weight excluding hydrogens is 394 g/mol. The summed E-state index contributed by atoms with van der Waals surface area (Å²) in [5.41, 5.74) is 3.00. The van der Waals surface area contributed by atoms with Crippen LogP contribution in [0.15, 0.2) is 53.3 Å². The normalized spacial score (nSPS) is 14.2. The van der Waals surface area contributed by atoms with Gasteiger partial charge in [-0.3, -0.25) is 19.3 Å². The number of para-hydroxylation sites is 2. The number of imide groups is 1. The topological polar surface area (TPSA) is 97.5 Å². The van der Waals surface area contributed by atoms with Crippen molar-refractivity contribution in [3.8, 4) is 0 Å². The Morgan fingerprint density at radius 1 is 0.677 bits per heavy atom. The highest BCUT2D eigenvalue weighted by Gasteiger charge is 2.32. The molecule has 31 heavy (non-hydrogen) atoms. The lowest BCUT2D eigenvalue weighted by molar-refractivity contribution is 0.0651. The molecule has 0 saturated carbocycles. The van der Waals surface area contributed by atoms with E-state index < -0.39 is 0 Å². The van der Waals surface area contributed by atoms with Gasteiger partial charge in [-0.1, -0.05) is 12.1 Å². The minimum atomic E-state index is -0.387. The van der Waals surface area contributed by atoms with Crippen LogP contribution in [0, 0.1) is 0 Å². The van der Waals surface area contributed by atoms with E-state index in [0.29, 0.717) is 60.6 Å². The summed E-state index contributed by atoms with van der Waals surface area (Å²) >= 11 is 0. The molecular formula is C23H11N5O3. The van der Waals surface area contributed by atoms with Gasteiger partial charge in [0, 0.05) is 39.7 Å². The van der Waals surface area contributed by atoms with E-state index in [1.807, 2.05) is 24.3 Å². The van der Waals surface area contributed by atoms with Crippen molar-refractivity contribution in [1.82, 2.24) is 24.3 Å². The van der Waals surface area contributed by atoms with Crippen molar-refractivity contribution in [2.45, 2.75) is 0 Å². The van der Waals surface area contributed by atoms with E-state index in [-0.39, 0.29) is 17.4 Å². The van der Waals surface area contributed by atoms with Crippen LogP contribution in [0.25, 0.3) is 49.5 Å². The minimum absolute atomic E-state index is 0.308. The number of imidazole rings is 1. The fourth-order valence-corrected chi connectivity index (χ4v) is 4.62. The molecule has 0 spiro atoms. The van der Waals surface area contributed by atoms with Crippen molar-refractivity contribution in [3.05, 3.63) is 70.0 Å². The van der Waals surface area contributed by atoms with Crippen molar-refractivity contribution in [2.75, 3.05) is 7.05 Å². The second-order valence-electron chi connectivity index (χ2n) is 7.68. The number of fused-ring (bicyclic) bond motifs is 5. The van der Waals surface area contributed by atoms with Crippen LogP contribution in [0.4, 0.5) is 0 Å². The minimum Gasteiger partial charge on any atom is -0.277 e. The summed E-state index contributed by atoms with van der Waals surface area (Å²) in [6.45, 7) is 0. The summed E-state index contributed by atoms with van der Waals surface area (Å²) < 4.78 is 1.47. The molecule has 8 nitrogen and oxygen atoms in total. The monoisotopic (exact) mass is 405 g/mol. The average molecular weight is 405 g/mol. The summed E-state index contributed by atoms with van der Waals surface area (Å²) in [6, 6.07) is 14.1. The molecule has 4 heterocycles. The van der Waals surface area contributed by atoms with Crippen LogP contribution < -0.4 is 5.56 Å². The van der Waals surface area contributed by atoms with Crippen molar-refractivity contribution < 1.29 is 9.59 Å². The first-order chi connectivity index (χ1) is 15.0. The first-order valence-electron chi connectivity index (χ1n) is 9.67. The van der Waals surface area contributed by atoms with Crippen LogP contribution in [0.1, 0.15) is 20.7 Å². The smallest absolute Gasteiger partial charge is 0.266 e. The van der Waals surface area contributed by atoms with Gasteiger partial charge in [0.1, 0.15) is 0 Å². The molecule has 0 fully saturated rings. The molecule has 2 amide bonds.